The van der Waals surface area contributed by atoms with Crippen molar-refractivity contribution in [3.63, 3.8) is 0 Å². The van der Waals surface area contributed by atoms with E-state index in [1.165, 1.54) is 56.9 Å². The van der Waals surface area contributed by atoms with Gasteiger partial charge in [-0.15, -0.1) is 0 Å². The molecule has 0 aromatic rings. The van der Waals surface area contributed by atoms with Crippen molar-refractivity contribution in [1.29, 1.82) is 0 Å². The van der Waals surface area contributed by atoms with Gasteiger partial charge in [-0.3, -0.25) is 0 Å². The molecule has 3 aliphatic rings. The van der Waals surface area contributed by atoms with Gasteiger partial charge in [0.1, 0.15) is 0 Å². The maximum absolute atomic E-state index is 6.16. The van der Waals surface area contributed by atoms with Crippen LogP contribution in [0.2, 0.25) is 33.0 Å². The van der Waals surface area contributed by atoms with Gasteiger partial charge in [-0.2, -0.15) is 0 Å². The van der Waals surface area contributed by atoms with Crippen molar-refractivity contribution >= 4 is 32.3 Å². The molecule has 34 heavy (non-hydrogen) atoms. The van der Waals surface area contributed by atoms with Gasteiger partial charge < -0.3 is 0 Å². The fraction of sp³-hybridized carbons (Fsp3) is 0.833. The molecule has 0 bridgehead atoms. The summed E-state index contributed by atoms with van der Waals surface area (Å²) < 4.78 is 13.2. The molecular formula is C30H55NOSiSn. The van der Waals surface area contributed by atoms with Crippen molar-refractivity contribution in [2.75, 3.05) is 6.61 Å². The maximum atomic E-state index is 6.16. The third-order valence-corrected chi connectivity index (χ3v) is 28.3. The standard InChI is InChI=1S/C18H28NOSi.3C4H9.Sn/c1-12-13-9-10-16(21(4,5)6)15(13)8-7-14(12)17-19-18(2,3)11-20-17;3*1-3-4-2;/h7,12-13,15H,8-9,11H2,1-6H3;3*1,3-4H2,2H3;/t12-,13-,15+;;;;/m0..../s1. The second-order valence-corrected chi connectivity index (χ2v) is 31.8. The van der Waals surface area contributed by atoms with E-state index in [2.05, 4.69) is 76.0 Å². The van der Waals surface area contributed by atoms with Crippen LogP contribution in [0.4, 0.5) is 0 Å². The Morgan fingerprint density at radius 3 is 2.00 bits per heavy atom. The molecule has 0 fully saturated rings. The number of aliphatic imine (C=N–C) groups is 1. The van der Waals surface area contributed by atoms with Crippen LogP contribution < -0.4 is 0 Å². The van der Waals surface area contributed by atoms with E-state index >= 15 is 0 Å². The Balaban J connectivity index is 2.03. The normalized spacial score (nSPS) is 26.9. The summed E-state index contributed by atoms with van der Waals surface area (Å²) in [5.41, 5.74) is 1.36. The summed E-state index contributed by atoms with van der Waals surface area (Å²) >= 11 is -2.44. The van der Waals surface area contributed by atoms with Crippen molar-refractivity contribution in [1.82, 2.24) is 0 Å². The molecule has 3 atom stereocenters. The van der Waals surface area contributed by atoms with Crippen molar-refractivity contribution in [2.24, 2.45) is 22.7 Å². The van der Waals surface area contributed by atoms with E-state index in [1.54, 1.807) is 13.3 Å². The molecule has 0 spiro atoms. The van der Waals surface area contributed by atoms with Crippen molar-refractivity contribution in [2.45, 2.75) is 131 Å². The number of rotatable bonds is 12. The van der Waals surface area contributed by atoms with Gasteiger partial charge in [-0.05, 0) is 0 Å². The van der Waals surface area contributed by atoms with E-state index in [1.807, 2.05) is 0 Å². The number of hydrogen-bond donors (Lipinski definition) is 0. The first-order valence-corrected chi connectivity index (χ1v) is 25.6. The van der Waals surface area contributed by atoms with Gasteiger partial charge in [-0.1, -0.05) is 0 Å². The third kappa shape index (κ3) is 6.09. The fourth-order valence-electron chi connectivity index (χ4n) is 7.31. The Morgan fingerprint density at radius 2 is 1.56 bits per heavy atom. The van der Waals surface area contributed by atoms with E-state index in [4.69, 9.17) is 9.73 Å². The van der Waals surface area contributed by atoms with Gasteiger partial charge in [0.15, 0.2) is 0 Å². The monoisotopic (exact) mass is 593 g/mol. The summed E-state index contributed by atoms with van der Waals surface area (Å²) in [5.74, 6) is 3.13. The Bertz CT molecular complexity index is 781. The molecule has 0 saturated carbocycles. The van der Waals surface area contributed by atoms with Crippen molar-refractivity contribution in [3.8, 4) is 0 Å². The zero-order valence-electron chi connectivity index (χ0n) is 24.2. The van der Waals surface area contributed by atoms with Crippen molar-refractivity contribution in [3.05, 3.63) is 20.4 Å². The predicted octanol–water partition coefficient (Wildman–Crippen LogP) is 9.36. The van der Waals surface area contributed by atoms with Crippen LogP contribution >= 0.6 is 0 Å². The van der Waals surface area contributed by atoms with Crippen LogP contribution in [-0.2, 0) is 4.74 Å². The second-order valence-electron chi connectivity index (χ2n) is 13.4. The number of allylic oxidation sites excluding steroid dienone is 3. The van der Waals surface area contributed by atoms with Gasteiger partial charge >= 0.3 is 218 Å². The van der Waals surface area contributed by atoms with Gasteiger partial charge in [0.05, 0.1) is 0 Å². The summed E-state index contributed by atoms with van der Waals surface area (Å²) in [4.78, 5) is 5.00. The molecular weight excluding hydrogens is 537 g/mol. The summed E-state index contributed by atoms with van der Waals surface area (Å²) in [6, 6.07) is 0. The topological polar surface area (TPSA) is 21.6 Å². The van der Waals surface area contributed by atoms with E-state index in [0.29, 0.717) is 5.92 Å². The van der Waals surface area contributed by atoms with Crippen molar-refractivity contribution < 1.29 is 4.74 Å². The molecule has 3 rings (SSSR count). The summed E-state index contributed by atoms with van der Waals surface area (Å²) in [7, 11) is -1.39. The first-order chi connectivity index (χ1) is 16.0. The van der Waals surface area contributed by atoms with Crippen LogP contribution in [0.15, 0.2) is 25.4 Å². The Labute approximate surface area is 217 Å². The zero-order valence-corrected chi connectivity index (χ0v) is 28.0. The van der Waals surface area contributed by atoms with Crippen LogP contribution in [0.5, 0.6) is 0 Å². The average Bonchev–Trinajstić information content (AvgIpc) is 3.35. The average molecular weight is 593 g/mol. The van der Waals surface area contributed by atoms with Crippen LogP contribution in [0.25, 0.3) is 0 Å². The minimum atomic E-state index is -2.44. The van der Waals surface area contributed by atoms with Crippen LogP contribution in [0, 0.1) is 17.8 Å². The number of nitrogens with zero attached hydrogens (tertiary/aromatic N) is 1. The molecule has 0 N–H and O–H groups in total. The van der Waals surface area contributed by atoms with E-state index in [9.17, 15) is 0 Å². The number of fused-ring (bicyclic) bond motifs is 1. The molecule has 0 saturated heterocycles. The predicted molar refractivity (Wildman–Crippen MR) is 156 cm³/mol. The molecule has 0 unspecified atom stereocenters. The number of unbranched alkanes of at least 4 members (excludes halogenated alkanes) is 3. The quantitative estimate of drug-likeness (QED) is 0.207. The molecule has 0 radical (unpaired) electrons. The van der Waals surface area contributed by atoms with Crippen LogP contribution in [0.3, 0.4) is 0 Å². The Kier molecular flexibility index (Phi) is 9.71. The summed E-state index contributed by atoms with van der Waals surface area (Å²) in [5, 5.41) is 2.06. The SMILES string of the molecule is CCC[CH2][Sn]([CH2]CCC)([CH2]CCC)[C]1=C([Si](C)(C)C)[C@@H]2CC=C(C3=NC(C)(C)CO3)[C@@H](C)[C@@H]2C1. The Morgan fingerprint density at radius 1 is 1.00 bits per heavy atom. The molecule has 2 aliphatic carbocycles. The minimum absolute atomic E-state index is 0.0681. The summed E-state index contributed by atoms with van der Waals surface area (Å²) in [6.45, 7) is 22.9. The van der Waals surface area contributed by atoms with Gasteiger partial charge in [0.2, 0.25) is 0 Å². The van der Waals surface area contributed by atoms with E-state index in [-0.39, 0.29) is 5.54 Å². The third-order valence-electron chi connectivity index (χ3n) is 9.07. The first kappa shape index (κ1) is 28.5. The van der Waals surface area contributed by atoms with Gasteiger partial charge in [0.25, 0.3) is 0 Å². The molecule has 2 nitrogen and oxygen atoms in total. The van der Waals surface area contributed by atoms with E-state index < -0.39 is 26.5 Å². The molecule has 1 aliphatic heterocycles. The second kappa shape index (κ2) is 11.6. The molecule has 194 valence electrons. The molecule has 0 aromatic heterocycles. The summed E-state index contributed by atoms with van der Waals surface area (Å²) in [6.07, 6.45) is 13.7. The molecule has 4 heteroatoms. The molecule has 0 aromatic carbocycles. The number of ether oxygens (including phenoxy) is 1. The van der Waals surface area contributed by atoms with Gasteiger partial charge in [-0.25, -0.2) is 0 Å². The van der Waals surface area contributed by atoms with Crippen LogP contribution in [-0.4, -0.2) is 44.5 Å². The first-order valence-electron chi connectivity index (χ1n) is 14.7. The zero-order chi connectivity index (χ0) is 25.1. The van der Waals surface area contributed by atoms with E-state index in [0.717, 1.165) is 24.3 Å². The van der Waals surface area contributed by atoms with Gasteiger partial charge in [0, 0.05) is 0 Å². The molecule has 0 amide bonds. The van der Waals surface area contributed by atoms with Crippen LogP contribution in [0.1, 0.15) is 92.9 Å². The fourth-order valence-corrected chi connectivity index (χ4v) is 32.4. The number of hydrogen-bond acceptors (Lipinski definition) is 2. The Hall–Kier alpha value is -0.0344. The molecule has 1 heterocycles.